The summed E-state index contributed by atoms with van der Waals surface area (Å²) in [4.78, 5) is 28.4. The lowest BCUT2D eigenvalue weighted by Crippen LogP contribution is -2.47. The van der Waals surface area contributed by atoms with Gasteiger partial charge in [0.15, 0.2) is 0 Å². The molecule has 0 spiro atoms. The zero-order valence-electron chi connectivity index (χ0n) is 23.0. The van der Waals surface area contributed by atoms with E-state index < -0.39 is 59.9 Å². The zero-order chi connectivity index (χ0) is 30.7. The first-order valence-corrected chi connectivity index (χ1v) is 12.4. The molecule has 41 heavy (non-hydrogen) atoms. The maximum Gasteiger partial charge on any atom is 0.416 e. The number of methoxy groups -OCH3 is 3. The van der Waals surface area contributed by atoms with Crippen LogP contribution in [-0.2, 0) is 39.7 Å². The summed E-state index contributed by atoms with van der Waals surface area (Å²) in [7, 11) is 3.89. The van der Waals surface area contributed by atoms with Gasteiger partial charge in [0.05, 0.1) is 50.3 Å². The molecule has 2 aromatic carbocycles. The summed E-state index contributed by atoms with van der Waals surface area (Å²) in [5, 5.41) is 0. The van der Waals surface area contributed by atoms with Gasteiger partial charge in [-0.05, 0) is 56.2 Å². The Morgan fingerprint density at radius 3 is 2.07 bits per heavy atom. The van der Waals surface area contributed by atoms with Crippen LogP contribution in [0.5, 0.6) is 5.75 Å². The number of amides is 2. The first-order valence-electron chi connectivity index (χ1n) is 12.4. The highest BCUT2D eigenvalue weighted by Gasteiger charge is 2.41. The lowest BCUT2D eigenvalue weighted by molar-refractivity contribution is -0.143. The van der Waals surface area contributed by atoms with Crippen molar-refractivity contribution in [2.45, 2.75) is 57.9 Å². The Labute approximate surface area is 232 Å². The van der Waals surface area contributed by atoms with Gasteiger partial charge >= 0.3 is 24.5 Å². The maximum absolute atomic E-state index is 13.5. The molecule has 0 bridgehead atoms. The van der Waals surface area contributed by atoms with E-state index in [4.69, 9.17) is 18.9 Å². The van der Waals surface area contributed by atoms with Crippen molar-refractivity contribution in [3.63, 3.8) is 0 Å². The van der Waals surface area contributed by atoms with Crippen molar-refractivity contribution in [1.29, 1.82) is 0 Å². The minimum atomic E-state index is -5.07. The molecule has 2 amide bonds. The lowest BCUT2D eigenvalue weighted by atomic mass is 9.89. The van der Waals surface area contributed by atoms with Gasteiger partial charge in [-0.1, -0.05) is 0 Å². The Morgan fingerprint density at radius 2 is 1.59 bits per heavy atom. The van der Waals surface area contributed by atoms with Crippen LogP contribution < -0.4 is 9.64 Å². The topological polar surface area (TPSA) is 77.5 Å². The van der Waals surface area contributed by atoms with Gasteiger partial charge in [0.2, 0.25) is 0 Å². The SMILES string of the molecule is CCOC(=O)N1c2cc(COC)c(OC)cc2C(N(Cc2cc(C(F)(F)F)cc(C(F)(F)F)c2)C(=O)OC)CC1C. The Hall–Kier alpha value is -3.68. The lowest BCUT2D eigenvalue weighted by Gasteiger charge is -2.43. The minimum Gasteiger partial charge on any atom is -0.496 e. The molecule has 1 aliphatic heterocycles. The molecule has 1 heterocycles. The van der Waals surface area contributed by atoms with Crippen molar-refractivity contribution in [2.24, 2.45) is 0 Å². The number of ether oxygens (including phenoxy) is 4. The monoisotopic (exact) mass is 592 g/mol. The number of anilines is 1. The van der Waals surface area contributed by atoms with E-state index in [0.717, 1.165) is 12.0 Å². The molecule has 8 nitrogen and oxygen atoms in total. The number of hydrogen-bond acceptors (Lipinski definition) is 6. The van der Waals surface area contributed by atoms with Crippen molar-refractivity contribution >= 4 is 17.9 Å². The minimum absolute atomic E-state index is 0.0172. The van der Waals surface area contributed by atoms with Crippen LogP contribution in [0.3, 0.4) is 0 Å². The molecule has 0 aromatic heterocycles. The number of carbonyl (C=O) groups excluding carboxylic acids is 2. The fourth-order valence-corrected chi connectivity index (χ4v) is 4.85. The second kappa shape index (κ2) is 12.5. The van der Waals surface area contributed by atoms with Crippen LogP contribution in [-0.4, -0.2) is 51.1 Å². The van der Waals surface area contributed by atoms with Gasteiger partial charge in [-0.2, -0.15) is 26.3 Å². The predicted molar refractivity (Wildman–Crippen MR) is 134 cm³/mol. The Kier molecular flexibility index (Phi) is 9.67. The number of alkyl halides is 6. The molecule has 0 saturated carbocycles. The molecule has 0 aliphatic carbocycles. The molecule has 0 fully saturated rings. The summed E-state index contributed by atoms with van der Waals surface area (Å²) in [6.07, 6.45) is -11.8. The normalized spacial score (nSPS) is 17.1. The summed E-state index contributed by atoms with van der Waals surface area (Å²) >= 11 is 0. The average molecular weight is 593 g/mol. The molecule has 0 saturated heterocycles. The van der Waals surface area contributed by atoms with Crippen LogP contribution in [0.2, 0.25) is 0 Å². The summed E-state index contributed by atoms with van der Waals surface area (Å²) in [5.41, 5.74) is -2.22. The van der Waals surface area contributed by atoms with Gasteiger partial charge in [0, 0.05) is 30.8 Å². The van der Waals surface area contributed by atoms with Gasteiger partial charge in [0.1, 0.15) is 5.75 Å². The zero-order valence-corrected chi connectivity index (χ0v) is 23.0. The van der Waals surface area contributed by atoms with E-state index in [1.54, 1.807) is 26.0 Å². The Balaban J connectivity index is 2.21. The highest BCUT2D eigenvalue weighted by molar-refractivity contribution is 5.91. The fraction of sp³-hybridized carbons (Fsp3) is 0.481. The number of rotatable bonds is 7. The summed E-state index contributed by atoms with van der Waals surface area (Å²) < 4.78 is 102. The van der Waals surface area contributed by atoms with Crippen LogP contribution in [0.1, 0.15) is 54.1 Å². The number of carbonyl (C=O) groups is 2. The third-order valence-corrected chi connectivity index (χ3v) is 6.60. The van der Waals surface area contributed by atoms with E-state index in [-0.39, 0.29) is 25.7 Å². The highest BCUT2D eigenvalue weighted by atomic mass is 19.4. The number of halogens is 6. The predicted octanol–water partition coefficient (Wildman–Crippen LogP) is 6.94. The molecule has 0 N–H and O–H groups in total. The molecule has 2 aromatic rings. The third kappa shape index (κ3) is 6.97. The van der Waals surface area contributed by atoms with Crippen LogP contribution in [0.15, 0.2) is 30.3 Å². The van der Waals surface area contributed by atoms with E-state index in [9.17, 15) is 35.9 Å². The van der Waals surface area contributed by atoms with Crippen molar-refractivity contribution in [1.82, 2.24) is 4.90 Å². The Morgan fingerprint density at radius 1 is 0.976 bits per heavy atom. The van der Waals surface area contributed by atoms with Crippen molar-refractivity contribution in [3.05, 3.63) is 58.1 Å². The van der Waals surface area contributed by atoms with Crippen molar-refractivity contribution in [2.75, 3.05) is 32.8 Å². The molecule has 3 rings (SSSR count). The molecule has 2 atom stereocenters. The van der Waals surface area contributed by atoms with E-state index >= 15 is 0 Å². The Bertz CT molecular complexity index is 1230. The largest absolute Gasteiger partial charge is 0.496 e. The van der Waals surface area contributed by atoms with Crippen LogP contribution in [0.25, 0.3) is 0 Å². The van der Waals surface area contributed by atoms with Gasteiger partial charge in [-0.25, -0.2) is 9.59 Å². The number of nitrogens with zero attached hydrogens (tertiary/aromatic N) is 2. The van der Waals surface area contributed by atoms with Gasteiger partial charge in [-0.3, -0.25) is 9.80 Å². The molecule has 2 unspecified atom stereocenters. The smallest absolute Gasteiger partial charge is 0.416 e. The average Bonchev–Trinajstić information content (AvgIpc) is 2.89. The fourth-order valence-electron chi connectivity index (χ4n) is 4.85. The van der Waals surface area contributed by atoms with Crippen LogP contribution >= 0.6 is 0 Å². The van der Waals surface area contributed by atoms with Gasteiger partial charge < -0.3 is 18.9 Å². The van der Waals surface area contributed by atoms with E-state index in [2.05, 4.69) is 0 Å². The standard InChI is InChI=1S/C27H30F6N2O6/c1-6-41-25(37)35-15(2)7-21(20-12-23(39-4)17(14-38-3)10-22(20)35)34(24(36)40-5)13-16-8-18(26(28,29)30)11-19(9-16)27(31,32)33/h8-12,15,21H,6-7,13-14H2,1-5H3. The van der Waals surface area contributed by atoms with E-state index in [1.807, 2.05) is 0 Å². The highest BCUT2D eigenvalue weighted by Crippen LogP contribution is 2.45. The first-order chi connectivity index (χ1) is 19.2. The quantitative estimate of drug-likeness (QED) is 0.324. The molecule has 14 heteroatoms. The molecular weight excluding hydrogens is 562 g/mol. The number of benzene rings is 2. The third-order valence-electron chi connectivity index (χ3n) is 6.60. The second-order valence-electron chi connectivity index (χ2n) is 9.34. The molecule has 226 valence electrons. The van der Waals surface area contributed by atoms with Gasteiger partial charge in [0.25, 0.3) is 0 Å². The van der Waals surface area contributed by atoms with Crippen molar-refractivity contribution < 1.29 is 54.9 Å². The number of fused-ring (bicyclic) bond motifs is 1. The van der Waals surface area contributed by atoms with E-state index in [1.165, 1.54) is 19.1 Å². The molecule has 1 aliphatic rings. The maximum atomic E-state index is 13.5. The van der Waals surface area contributed by atoms with Crippen LogP contribution in [0, 0.1) is 0 Å². The number of hydrogen-bond donors (Lipinski definition) is 0. The van der Waals surface area contributed by atoms with Crippen LogP contribution in [0.4, 0.5) is 41.6 Å². The molecular formula is C27H30F6N2O6. The van der Waals surface area contributed by atoms with Gasteiger partial charge in [-0.15, -0.1) is 0 Å². The second-order valence-corrected chi connectivity index (χ2v) is 9.34. The summed E-state index contributed by atoms with van der Waals surface area (Å²) in [5.74, 6) is 0.331. The summed E-state index contributed by atoms with van der Waals surface area (Å²) in [6.45, 7) is 2.82. The first kappa shape index (κ1) is 31.8. The van der Waals surface area contributed by atoms with E-state index in [0.29, 0.717) is 34.7 Å². The van der Waals surface area contributed by atoms with Crippen molar-refractivity contribution in [3.8, 4) is 5.75 Å². The molecule has 0 radical (unpaired) electrons. The summed E-state index contributed by atoms with van der Waals surface area (Å²) in [6, 6.07) is 2.76.